The van der Waals surface area contributed by atoms with Gasteiger partial charge in [-0.15, -0.1) is 11.3 Å². The number of aryl methyl sites for hydroxylation is 2. The maximum atomic E-state index is 2.43. The molecule has 0 radical (unpaired) electrons. The number of fused-ring (bicyclic) bond motifs is 2. The first-order chi connectivity index (χ1) is 10.3. The van der Waals surface area contributed by atoms with Crippen LogP contribution in [-0.2, 0) is 23.7 Å². The van der Waals surface area contributed by atoms with Crippen LogP contribution in [0.4, 0.5) is 0 Å². The number of allylic oxidation sites excluding steroid dienone is 1. The van der Waals surface area contributed by atoms with Crippen molar-refractivity contribution in [3.8, 4) is 0 Å². The largest absolute Gasteiger partial charge is 0.148 e. The summed E-state index contributed by atoms with van der Waals surface area (Å²) >= 11 is 1.95. The Balaban J connectivity index is 1.91. The van der Waals surface area contributed by atoms with Crippen LogP contribution in [0.15, 0.2) is 41.3 Å². The van der Waals surface area contributed by atoms with Crippen molar-refractivity contribution in [3.63, 3.8) is 0 Å². The zero-order chi connectivity index (χ0) is 14.2. The minimum atomic E-state index is 0.643. The molecule has 1 aromatic carbocycles. The van der Waals surface area contributed by atoms with Crippen LogP contribution in [0.5, 0.6) is 0 Å². The second kappa shape index (κ2) is 5.66. The summed E-state index contributed by atoms with van der Waals surface area (Å²) in [5.74, 6) is 2.78. The molecule has 0 atom stereocenters. The summed E-state index contributed by atoms with van der Waals surface area (Å²) < 4.78 is 0. The molecule has 0 amide bonds. The third kappa shape index (κ3) is 2.49. The lowest BCUT2D eigenvalue weighted by atomic mass is 9.89. The van der Waals surface area contributed by atoms with Gasteiger partial charge in [0.1, 0.15) is 11.5 Å². The third-order valence-corrected chi connectivity index (χ3v) is 7.56. The molecule has 0 unspecified atom stereocenters. The van der Waals surface area contributed by atoms with E-state index < -0.39 is 0 Å². The standard InChI is InChI=1S/C19H21S2/c1-21-12-9-15(10-13-21)19-16-5-3-2-4-14(16)6-7-18-17(19)8-11-20-18/h2-5,8,11H,6-7,9-10,12-13H2,1H3/q+1. The van der Waals surface area contributed by atoms with Gasteiger partial charge >= 0.3 is 0 Å². The Bertz CT molecular complexity index is 683. The van der Waals surface area contributed by atoms with E-state index in [2.05, 4.69) is 42.0 Å². The van der Waals surface area contributed by atoms with Crippen molar-refractivity contribution in [3.05, 3.63) is 62.9 Å². The van der Waals surface area contributed by atoms with Crippen LogP contribution in [-0.4, -0.2) is 17.8 Å². The fourth-order valence-electron chi connectivity index (χ4n) is 3.59. The fraction of sp³-hybridized carbons (Fsp3) is 0.368. The van der Waals surface area contributed by atoms with Crippen LogP contribution in [0.1, 0.15) is 34.4 Å². The van der Waals surface area contributed by atoms with Gasteiger partial charge in [-0.25, -0.2) is 0 Å². The van der Waals surface area contributed by atoms with E-state index in [1.54, 1.807) is 21.6 Å². The molecular weight excluding hydrogens is 292 g/mol. The molecule has 2 aromatic rings. The molecule has 4 rings (SSSR count). The Labute approximate surface area is 134 Å². The normalized spacial score (nSPS) is 21.7. The summed E-state index contributed by atoms with van der Waals surface area (Å²) in [4.78, 5) is 1.59. The van der Waals surface area contributed by atoms with Gasteiger partial charge in [0.25, 0.3) is 0 Å². The highest BCUT2D eigenvalue weighted by Crippen LogP contribution is 2.40. The first kappa shape index (κ1) is 13.7. The van der Waals surface area contributed by atoms with Gasteiger partial charge in [-0.1, -0.05) is 29.8 Å². The smallest absolute Gasteiger partial charge is 0.111 e. The molecule has 2 aliphatic rings. The van der Waals surface area contributed by atoms with Crippen LogP contribution in [0.2, 0.25) is 0 Å². The summed E-state index contributed by atoms with van der Waals surface area (Å²) in [6, 6.07) is 11.5. The van der Waals surface area contributed by atoms with Gasteiger partial charge in [-0.3, -0.25) is 0 Å². The van der Waals surface area contributed by atoms with E-state index in [0.29, 0.717) is 10.9 Å². The second-order valence-corrected chi connectivity index (χ2v) is 9.46. The molecule has 1 aliphatic heterocycles. The monoisotopic (exact) mass is 313 g/mol. The highest BCUT2D eigenvalue weighted by Gasteiger charge is 2.26. The molecule has 0 saturated carbocycles. The highest BCUT2D eigenvalue weighted by molar-refractivity contribution is 7.96. The van der Waals surface area contributed by atoms with Crippen molar-refractivity contribution in [1.29, 1.82) is 0 Å². The minimum Gasteiger partial charge on any atom is -0.148 e. The van der Waals surface area contributed by atoms with Gasteiger partial charge in [-0.2, -0.15) is 0 Å². The molecule has 108 valence electrons. The zero-order valence-corrected chi connectivity index (χ0v) is 14.2. The molecule has 1 aliphatic carbocycles. The lowest BCUT2D eigenvalue weighted by Crippen LogP contribution is -2.18. The first-order valence-corrected chi connectivity index (χ1v) is 10.6. The summed E-state index contributed by atoms with van der Waals surface area (Å²) in [7, 11) is 0.643. The molecule has 2 heterocycles. The number of hydrogen-bond donors (Lipinski definition) is 0. The highest BCUT2D eigenvalue weighted by atomic mass is 32.2. The third-order valence-electron chi connectivity index (χ3n) is 4.78. The summed E-state index contributed by atoms with van der Waals surface area (Å²) in [5, 5.41) is 2.28. The number of rotatable bonds is 0. The van der Waals surface area contributed by atoms with Crippen LogP contribution >= 0.6 is 11.3 Å². The van der Waals surface area contributed by atoms with E-state index in [0.717, 1.165) is 0 Å². The Kier molecular flexibility index (Phi) is 3.68. The Morgan fingerprint density at radius 1 is 0.905 bits per heavy atom. The van der Waals surface area contributed by atoms with Gasteiger partial charge in [0, 0.05) is 17.7 Å². The van der Waals surface area contributed by atoms with Crippen LogP contribution in [0, 0.1) is 0 Å². The molecule has 0 spiro atoms. The summed E-state index contributed by atoms with van der Waals surface area (Å²) in [5.41, 5.74) is 7.91. The average molecular weight is 314 g/mol. The van der Waals surface area contributed by atoms with Crippen LogP contribution in [0.25, 0.3) is 5.57 Å². The first-order valence-electron chi connectivity index (χ1n) is 7.79. The molecule has 0 bridgehead atoms. The van der Waals surface area contributed by atoms with E-state index in [1.165, 1.54) is 48.3 Å². The molecule has 21 heavy (non-hydrogen) atoms. The number of thiophene rings is 1. The second-order valence-electron chi connectivity index (χ2n) is 6.08. The molecule has 2 heteroatoms. The zero-order valence-electron chi connectivity index (χ0n) is 12.5. The molecule has 1 saturated heterocycles. The van der Waals surface area contributed by atoms with Crippen molar-refractivity contribution in [2.45, 2.75) is 25.7 Å². The lowest BCUT2D eigenvalue weighted by Gasteiger charge is -2.20. The summed E-state index contributed by atoms with van der Waals surface area (Å²) in [6.07, 6.45) is 7.44. The molecule has 1 fully saturated rings. The lowest BCUT2D eigenvalue weighted by molar-refractivity contribution is 0.959. The van der Waals surface area contributed by atoms with Crippen molar-refractivity contribution < 1.29 is 0 Å². The van der Waals surface area contributed by atoms with Crippen molar-refractivity contribution in [2.75, 3.05) is 17.8 Å². The van der Waals surface area contributed by atoms with Gasteiger partial charge in [0.15, 0.2) is 0 Å². The van der Waals surface area contributed by atoms with E-state index in [-0.39, 0.29) is 0 Å². The van der Waals surface area contributed by atoms with E-state index in [9.17, 15) is 0 Å². The Morgan fingerprint density at radius 2 is 1.71 bits per heavy atom. The number of benzene rings is 1. The van der Waals surface area contributed by atoms with E-state index in [4.69, 9.17) is 0 Å². The Hall–Kier alpha value is -0.990. The average Bonchev–Trinajstić information content (AvgIpc) is 2.91. The number of hydrogen-bond acceptors (Lipinski definition) is 1. The van der Waals surface area contributed by atoms with Crippen molar-refractivity contribution in [2.24, 2.45) is 0 Å². The van der Waals surface area contributed by atoms with Crippen molar-refractivity contribution >= 4 is 27.8 Å². The topological polar surface area (TPSA) is 0 Å². The van der Waals surface area contributed by atoms with Gasteiger partial charge in [-0.05, 0) is 57.4 Å². The van der Waals surface area contributed by atoms with E-state index in [1.807, 2.05) is 11.3 Å². The molecule has 0 nitrogen and oxygen atoms in total. The van der Waals surface area contributed by atoms with Gasteiger partial charge < -0.3 is 0 Å². The van der Waals surface area contributed by atoms with Gasteiger partial charge in [0.05, 0.1) is 6.26 Å². The minimum absolute atomic E-state index is 0.643. The molecular formula is C19H21S2+. The Morgan fingerprint density at radius 3 is 2.57 bits per heavy atom. The fourth-order valence-corrected chi connectivity index (χ4v) is 5.86. The predicted molar refractivity (Wildman–Crippen MR) is 96.4 cm³/mol. The van der Waals surface area contributed by atoms with Crippen LogP contribution in [0.3, 0.4) is 0 Å². The predicted octanol–water partition coefficient (Wildman–Crippen LogP) is 4.69. The SMILES string of the molecule is C[S+]1CCC(=C2c3ccccc3CCc3sccc32)CC1. The van der Waals surface area contributed by atoms with E-state index >= 15 is 0 Å². The van der Waals surface area contributed by atoms with Gasteiger partial charge in [0.2, 0.25) is 0 Å². The summed E-state index contributed by atoms with van der Waals surface area (Å²) in [6.45, 7) is 0. The maximum absolute atomic E-state index is 2.43. The van der Waals surface area contributed by atoms with Crippen LogP contribution < -0.4 is 0 Å². The van der Waals surface area contributed by atoms with Crippen molar-refractivity contribution in [1.82, 2.24) is 0 Å². The maximum Gasteiger partial charge on any atom is 0.111 e. The molecule has 1 aromatic heterocycles. The molecule has 0 N–H and O–H groups in total. The quantitative estimate of drug-likeness (QED) is 0.619.